The van der Waals surface area contributed by atoms with E-state index >= 15 is 0 Å². The number of halogens is 1. The van der Waals surface area contributed by atoms with Crippen molar-refractivity contribution < 1.29 is 13.2 Å². The molecule has 0 radical (unpaired) electrons. The fourth-order valence-corrected chi connectivity index (χ4v) is 4.43. The smallest absolute Gasteiger partial charge is 0.197 e. The highest BCUT2D eigenvalue weighted by molar-refractivity contribution is 7.94. The van der Waals surface area contributed by atoms with E-state index in [1.807, 2.05) is 0 Å². The molecule has 0 aliphatic rings. The summed E-state index contributed by atoms with van der Waals surface area (Å²) >= 11 is 6.92. The van der Waals surface area contributed by atoms with Gasteiger partial charge in [-0.25, -0.2) is 8.42 Å². The molecule has 1 atom stereocenters. The molecule has 1 aromatic carbocycles. The Hall–Kier alpha value is -1.17. The van der Waals surface area contributed by atoms with Crippen molar-refractivity contribution in [1.82, 2.24) is 0 Å². The van der Waals surface area contributed by atoms with Gasteiger partial charge >= 0.3 is 0 Å². The second-order valence-corrected chi connectivity index (χ2v) is 7.87. The van der Waals surface area contributed by atoms with E-state index in [0.717, 1.165) is 11.3 Å². The van der Waals surface area contributed by atoms with E-state index in [4.69, 9.17) is 11.6 Å². The van der Waals surface area contributed by atoms with Crippen molar-refractivity contribution in [3.8, 4) is 0 Å². The third-order valence-electron chi connectivity index (χ3n) is 2.72. The number of rotatable bonds is 4. The van der Waals surface area contributed by atoms with Crippen molar-refractivity contribution in [3.63, 3.8) is 0 Å². The molecule has 0 saturated carbocycles. The molecule has 2 aromatic rings. The summed E-state index contributed by atoms with van der Waals surface area (Å²) in [6.45, 7) is 1.40. The predicted octanol–water partition coefficient (Wildman–Crippen LogP) is 3.45. The van der Waals surface area contributed by atoms with Gasteiger partial charge < -0.3 is 0 Å². The minimum atomic E-state index is -3.63. The Morgan fingerprint density at radius 1 is 1.26 bits per heavy atom. The van der Waals surface area contributed by atoms with E-state index < -0.39 is 20.9 Å². The van der Waals surface area contributed by atoms with Gasteiger partial charge in [0.2, 0.25) is 0 Å². The summed E-state index contributed by atoms with van der Waals surface area (Å²) in [5.41, 5.74) is 0.306. The van der Waals surface area contributed by atoms with Crippen LogP contribution in [0.25, 0.3) is 0 Å². The molecular formula is C13H11ClO3S2. The van der Waals surface area contributed by atoms with Crippen LogP contribution in [0.4, 0.5) is 0 Å². The molecule has 0 aliphatic carbocycles. The van der Waals surface area contributed by atoms with Crippen LogP contribution in [0, 0.1) is 0 Å². The van der Waals surface area contributed by atoms with Gasteiger partial charge in [-0.05, 0) is 30.5 Å². The van der Waals surface area contributed by atoms with Crippen LogP contribution in [0.2, 0.25) is 5.02 Å². The summed E-state index contributed by atoms with van der Waals surface area (Å²) in [6.07, 6.45) is 0. The molecule has 1 heterocycles. The number of sulfone groups is 1. The van der Waals surface area contributed by atoms with Gasteiger partial charge in [-0.15, -0.1) is 11.3 Å². The zero-order valence-electron chi connectivity index (χ0n) is 10.0. The van der Waals surface area contributed by atoms with Crippen LogP contribution in [0.15, 0.2) is 46.0 Å². The lowest BCUT2D eigenvalue weighted by Gasteiger charge is -2.10. The van der Waals surface area contributed by atoms with E-state index in [1.54, 1.807) is 29.6 Å². The first-order valence-corrected chi connectivity index (χ1v) is 8.30. The summed E-state index contributed by atoms with van der Waals surface area (Å²) in [6, 6.07) is 9.45. The van der Waals surface area contributed by atoms with Crippen molar-refractivity contribution in [3.05, 3.63) is 52.4 Å². The number of ketones is 1. The maximum Gasteiger partial charge on any atom is 0.197 e. The second-order valence-electron chi connectivity index (χ2n) is 3.99. The van der Waals surface area contributed by atoms with E-state index in [0.29, 0.717) is 10.6 Å². The molecule has 1 aromatic heterocycles. The summed E-state index contributed by atoms with van der Waals surface area (Å²) in [5.74, 6) is -0.448. The van der Waals surface area contributed by atoms with Crippen molar-refractivity contribution in [2.24, 2.45) is 0 Å². The first-order chi connectivity index (χ1) is 8.93. The Balaban J connectivity index is 2.35. The minimum absolute atomic E-state index is 0.204. The van der Waals surface area contributed by atoms with Gasteiger partial charge in [0, 0.05) is 10.6 Å². The van der Waals surface area contributed by atoms with E-state index in [-0.39, 0.29) is 4.21 Å². The molecule has 3 nitrogen and oxygen atoms in total. The highest BCUT2D eigenvalue weighted by Gasteiger charge is 2.31. The van der Waals surface area contributed by atoms with Crippen LogP contribution < -0.4 is 0 Å². The number of hydrogen-bond acceptors (Lipinski definition) is 4. The second kappa shape index (κ2) is 5.45. The Morgan fingerprint density at radius 3 is 2.58 bits per heavy atom. The molecule has 0 N–H and O–H groups in total. The monoisotopic (exact) mass is 314 g/mol. The van der Waals surface area contributed by atoms with Crippen LogP contribution in [-0.2, 0) is 9.84 Å². The first-order valence-electron chi connectivity index (χ1n) is 5.50. The lowest BCUT2D eigenvalue weighted by atomic mass is 10.1. The van der Waals surface area contributed by atoms with Crippen LogP contribution >= 0.6 is 22.9 Å². The van der Waals surface area contributed by atoms with Gasteiger partial charge in [-0.2, -0.15) is 0 Å². The molecule has 1 unspecified atom stereocenters. The molecule has 19 heavy (non-hydrogen) atoms. The number of carbonyl (C=O) groups excluding carboxylic acids is 1. The maximum absolute atomic E-state index is 12.2. The average Bonchev–Trinajstić information content (AvgIpc) is 2.91. The van der Waals surface area contributed by atoms with Crippen molar-refractivity contribution >= 4 is 38.6 Å². The largest absolute Gasteiger partial charge is 0.293 e. The Labute approximate surface area is 120 Å². The van der Waals surface area contributed by atoms with Gasteiger partial charge in [0.05, 0.1) is 0 Å². The Morgan fingerprint density at radius 2 is 2.00 bits per heavy atom. The highest BCUT2D eigenvalue weighted by atomic mass is 35.5. The van der Waals surface area contributed by atoms with Crippen molar-refractivity contribution in [2.45, 2.75) is 16.4 Å². The van der Waals surface area contributed by atoms with Crippen LogP contribution in [0.1, 0.15) is 17.3 Å². The van der Waals surface area contributed by atoms with E-state index in [1.165, 1.54) is 19.1 Å². The highest BCUT2D eigenvalue weighted by Crippen LogP contribution is 2.24. The van der Waals surface area contributed by atoms with Crippen molar-refractivity contribution in [2.75, 3.05) is 0 Å². The zero-order chi connectivity index (χ0) is 14.0. The van der Waals surface area contributed by atoms with Gasteiger partial charge in [-0.1, -0.05) is 29.8 Å². The predicted molar refractivity (Wildman–Crippen MR) is 76.7 cm³/mol. The maximum atomic E-state index is 12.2. The first kappa shape index (κ1) is 14.2. The summed E-state index contributed by atoms with van der Waals surface area (Å²) in [4.78, 5) is 12.2. The molecule has 100 valence electrons. The number of carbonyl (C=O) groups is 1. The van der Waals surface area contributed by atoms with Gasteiger partial charge in [0.1, 0.15) is 9.46 Å². The fraction of sp³-hybridized carbons (Fsp3) is 0.154. The molecule has 0 saturated heterocycles. The van der Waals surface area contributed by atoms with Crippen LogP contribution in [-0.4, -0.2) is 19.5 Å². The summed E-state index contributed by atoms with van der Waals surface area (Å²) in [7, 11) is -3.63. The molecule has 0 amide bonds. The normalized spacial score (nSPS) is 13.2. The molecule has 0 bridgehead atoms. The standard InChI is InChI=1S/C13H11ClO3S2/c1-9(19(16,17)12-6-3-7-18-12)13(15)10-4-2-5-11(14)8-10/h2-9H,1H3. The molecule has 0 spiro atoms. The average molecular weight is 315 g/mol. The van der Waals surface area contributed by atoms with Crippen LogP contribution in [0.5, 0.6) is 0 Å². The third kappa shape index (κ3) is 2.88. The van der Waals surface area contributed by atoms with Gasteiger partial charge in [0.15, 0.2) is 15.6 Å². The fourth-order valence-electron chi connectivity index (χ4n) is 1.62. The van der Waals surface area contributed by atoms with Gasteiger partial charge in [-0.3, -0.25) is 4.79 Å². The van der Waals surface area contributed by atoms with Crippen molar-refractivity contribution in [1.29, 1.82) is 0 Å². The summed E-state index contributed by atoms with van der Waals surface area (Å²) < 4.78 is 24.7. The van der Waals surface area contributed by atoms with E-state index in [9.17, 15) is 13.2 Å². The molecule has 0 aliphatic heterocycles. The summed E-state index contributed by atoms with van der Waals surface area (Å²) in [5, 5.41) is 0.958. The quantitative estimate of drug-likeness (QED) is 0.812. The molecular weight excluding hydrogens is 304 g/mol. The van der Waals surface area contributed by atoms with Crippen LogP contribution in [0.3, 0.4) is 0 Å². The third-order valence-corrected chi connectivity index (χ3v) is 6.44. The number of Topliss-reactive ketones (excluding diaryl/α,β-unsaturated/α-hetero) is 1. The van der Waals surface area contributed by atoms with Gasteiger partial charge in [0.25, 0.3) is 0 Å². The Bertz CT molecular complexity index is 690. The van der Waals surface area contributed by atoms with E-state index in [2.05, 4.69) is 0 Å². The lowest BCUT2D eigenvalue weighted by Crippen LogP contribution is -2.27. The zero-order valence-corrected chi connectivity index (χ0v) is 12.4. The lowest BCUT2D eigenvalue weighted by molar-refractivity contribution is 0.0991. The number of hydrogen-bond donors (Lipinski definition) is 0. The molecule has 6 heteroatoms. The number of benzene rings is 1. The SMILES string of the molecule is CC(C(=O)c1cccc(Cl)c1)S(=O)(=O)c1cccs1. The Kier molecular flexibility index (Phi) is 4.08. The molecule has 2 rings (SSSR count). The topological polar surface area (TPSA) is 51.2 Å². The minimum Gasteiger partial charge on any atom is -0.293 e. The molecule has 0 fully saturated rings. The number of thiophene rings is 1.